The van der Waals surface area contributed by atoms with Gasteiger partial charge in [0.2, 0.25) is 5.95 Å². The molecule has 1 aliphatic rings. The number of anilines is 1. The van der Waals surface area contributed by atoms with Crippen molar-refractivity contribution in [1.82, 2.24) is 14.5 Å². The summed E-state index contributed by atoms with van der Waals surface area (Å²) in [7, 11) is 0. The molecule has 0 spiro atoms. The molecule has 1 unspecified atom stereocenters. The Morgan fingerprint density at radius 2 is 2.39 bits per heavy atom. The molecule has 0 aliphatic carbocycles. The van der Waals surface area contributed by atoms with Gasteiger partial charge in [-0.25, -0.2) is 4.98 Å². The Bertz CT molecular complexity index is 403. The van der Waals surface area contributed by atoms with Crippen LogP contribution < -0.4 is 5.32 Å². The van der Waals surface area contributed by atoms with Crippen LogP contribution in [0.1, 0.15) is 44.1 Å². The van der Waals surface area contributed by atoms with Crippen LogP contribution in [0.3, 0.4) is 0 Å². The summed E-state index contributed by atoms with van der Waals surface area (Å²) in [6.07, 6.45) is 3.92. The highest BCUT2D eigenvalue weighted by molar-refractivity contribution is 5.92. The van der Waals surface area contributed by atoms with Crippen LogP contribution in [0.25, 0.3) is 0 Å². The molecule has 0 saturated carbocycles. The molecule has 1 aromatic heterocycles. The first-order valence-electron chi connectivity index (χ1n) is 6.79. The number of nitrogens with one attached hydrogen (secondary N) is 1. The van der Waals surface area contributed by atoms with E-state index in [9.17, 15) is 4.79 Å². The lowest BCUT2D eigenvalue weighted by Gasteiger charge is -2.26. The number of imidazole rings is 1. The Morgan fingerprint density at radius 3 is 3.00 bits per heavy atom. The van der Waals surface area contributed by atoms with Crippen LogP contribution in [0.2, 0.25) is 0 Å². The lowest BCUT2D eigenvalue weighted by atomic mass is 10.2. The summed E-state index contributed by atoms with van der Waals surface area (Å²) in [5.41, 5.74) is 0.557. The monoisotopic (exact) mass is 250 g/mol. The molecule has 1 aliphatic heterocycles. The summed E-state index contributed by atoms with van der Waals surface area (Å²) in [5, 5.41) is 3.22. The third kappa shape index (κ3) is 2.35. The van der Waals surface area contributed by atoms with E-state index in [1.54, 1.807) is 0 Å². The number of carbonyl (C=O) groups excluding carboxylic acids is 1. The highest BCUT2D eigenvalue weighted by Gasteiger charge is 2.23. The first kappa shape index (κ1) is 12.9. The van der Waals surface area contributed by atoms with Gasteiger partial charge in [-0.1, -0.05) is 6.92 Å². The largest absolute Gasteiger partial charge is 0.356 e. The SMILES string of the molecule is CCC(C)N(CC)C(=O)c1cn2c(n1)NCCC2. The van der Waals surface area contributed by atoms with Gasteiger partial charge in [0.15, 0.2) is 0 Å². The maximum atomic E-state index is 12.4. The summed E-state index contributed by atoms with van der Waals surface area (Å²) in [4.78, 5) is 18.7. The second kappa shape index (κ2) is 5.42. The van der Waals surface area contributed by atoms with Crippen molar-refractivity contribution in [2.24, 2.45) is 0 Å². The Hall–Kier alpha value is -1.52. The molecule has 5 heteroatoms. The maximum absolute atomic E-state index is 12.4. The van der Waals surface area contributed by atoms with Gasteiger partial charge in [0.05, 0.1) is 0 Å². The molecule has 100 valence electrons. The Kier molecular flexibility index (Phi) is 3.89. The highest BCUT2D eigenvalue weighted by Crippen LogP contribution is 2.16. The molecule has 0 aromatic carbocycles. The highest BCUT2D eigenvalue weighted by atomic mass is 16.2. The van der Waals surface area contributed by atoms with E-state index in [4.69, 9.17) is 0 Å². The molecule has 2 rings (SSSR count). The lowest BCUT2D eigenvalue weighted by molar-refractivity contribution is 0.0694. The van der Waals surface area contributed by atoms with E-state index in [0.29, 0.717) is 5.69 Å². The Balaban J connectivity index is 2.19. The van der Waals surface area contributed by atoms with Gasteiger partial charge in [0.1, 0.15) is 5.69 Å². The molecule has 1 atom stereocenters. The van der Waals surface area contributed by atoms with E-state index >= 15 is 0 Å². The predicted octanol–water partition coefficient (Wildman–Crippen LogP) is 1.96. The third-order valence-corrected chi connectivity index (χ3v) is 3.58. The first-order valence-corrected chi connectivity index (χ1v) is 6.79. The number of rotatable bonds is 4. The van der Waals surface area contributed by atoms with Gasteiger partial charge in [0.25, 0.3) is 5.91 Å². The average Bonchev–Trinajstić information content (AvgIpc) is 2.82. The van der Waals surface area contributed by atoms with E-state index in [0.717, 1.165) is 38.4 Å². The number of fused-ring (bicyclic) bond motifs is 1. The fourth-order valence-corrected chi connectivity index (χ4v) is 2.30. The van der Waals surface area contributed by atoms with E-state index in [1.807, 2.05) is 22.6 Å². The Morgan fingerprint density at radius 1 is 1.61 bits per heavy atom. The molecule has 1 N–H and O–H groups in total. The van der Waals surface area contributed by atoms with E-state index < -0.39 is 0 Å². The standard InChI is InChI=1S/C13H22N4O/c1-4-10(3)17(5-2)12(18)11-9-16-8-6-7-14-13(16)15-11/h9-10H,4-8H2,1-3H3,(H,14,15). The van der Waals surface area contributed by atoms with Crippen molar-refractivity contribution >= 4 is 11.9 Å². The number of nitrogens with zero attached hydrogens (tertiary/aromatic N) is 3. The quantitative estimate of drug-likeness (QED) is 0.888. The molecule has 5 nitrogen and oxygen atoms in total. The predicted molar refractivity (Wildman–Crippen MR) is 71.8 cm³/mol. The van der Waals surface area contributed by atoms with Crippen LogP contribution in [0.15, 0.2) is 6.20 Å². The van der Waals surface area contributed by atoms with Crippen LogP contribution in [0, 0.1) is 0 Å². The normalized spacial score (nSPS) is 15.7. The smallest absolute Gasteiger partial charge is 0.274 e. The van der Waals surface area contributed by atoms with Gasteiger partial charge in [-0.15, -0.1) is 0 Å². The zero-order valence-electron chi connectivity index (χ0n) is 11.4. The van der Waals surface area contributed by atoms with Crippen molar-refractivity contribution in [3.63, 3.8) is 0 Å². The number of aromatic nitrogens is 2. The zero-order chi connectivity index (χ0) is 13.1. The van der Waals surface area contributed by atoms with Gasteiger partial charge in [-0.2, -0.15) is 0 Å². The van der Waals surface area contributed by atoms with Gasteiger partial charge in [-0.05, 0) is 26.7 Å². The lowest BCUT2D eigenvalue weighted by Crippen LogP contribution is -2.38. The van der Waals surface area contributed by atoms with Crippen LogP contribution in [-0.2, 0) is 6.54 Å². The number of carbonyl (C=O) groups is 1. The van der Waals surface area contributed by atoms with Gasteiger partial charge in [-0.3, -0.25) is 4.79 Å². The van der Waals surface area contributed by atoms with Gasteiger partial charge in [0, 0.05) is 31.9 Å². The van der Waals surface area contributed by atoms with Crippen molar-refractivity contribution < 1.29 is 4.79 Å². The van der Waals surface area contributed by atoms with Crippen molar-refractivity contribution in [3.8, 4) is 0 Å². The van der Waals surface area contributed by atoms with Gasteiger partial charge >= 0.3 is 0 Å². The van der Waals surface area contributed by atoms with Crippen molar-refractivity contribution in [2.75, 3.05) is 18.4 Å². The molecular formula is C13H22N4O. The minimum Gasteiger partial charge on any atom is -0.356 e. The molecule has 1 aromatic rings. The number of hydrogen-bond acceptors (Lipinski definition) is 3. The molecule has 0 fully saturated rings. The van der Waals surface area contributed by atoms with E-state index in [-0.39, 0.29) is 11.9 Å². The number of aryl methyl sites for hydroxylation is 1. The van der Waals surface area contributed by atoms with Crippen LogP contribution in [0.4, 0.5) is 5.95 Å². The Labute approximate surface area is 108 Å². The second-order valence-corrected chi connectivity index (χ2v) is 4.77. The third-order valence-electron chi connectivity index (χ3n) is 3.58. The fourth-order valence-electron chi connectivity index (χ4n) is 2.30. The zero-order valence-corrected chi connectivity index (χ0v) is 11.4. The van der Waals surface area contributed by atoms with E-state index in [1.165, 1.54) is 0 Å². The minimum absolute atomic E-state index is 0.0375. The number of hydrogen-bond donors (Lipinski definition) is 1. The first-order chi connectivity index (χ1) is 8.67. The minimum atomic E-state index is 0.0375. The topological polar surface area (TPSA) is 50.2 Å². The molecule has 18 heavy (non-hydrogen) atoms. The van der Waals surface area contributed by atoms with Crippen molar-refractivity contribution in [2.45, 2.75) is 46.2 Å². The van der Waals surface area contributed by atoms with Crippen molar-refractivity contribution in [3.05, 3.63) is 11.9 Å². The van der Waals surface area contributed by atoms with E-state index in [2.05, 4.69) is 24.1 Å². The summed E-state index contributed by atoms with van der Waals surface area (Å²) in [5.74, 6) is 0.861. The van der Waals surface area contributed by atoms with Gasteiger partial charge < -0.3 is 14.8 Å². The number of amides is 1. The fraction of sp³-hybridized carbons (Fsp3) is 0.692. The van der Waals surface area contributed by atoms with Crippen LogP contribution >= 0.6 is 0 Å². The van der Waals surface area contributed by atoms with Crippen molar-refractivity contribution in [1.29, 1.82) is 0 Å². The molecular weight excluding hydrogens is 228 g/mol. The summed E-state index contributed by atoms with van der Waals surface area (Å²) in [6.45, 7) is 8.79. The molecule has 0 bridgehead atoms. The molecule has 1 amide bonds. The molecule has 0 radical (unpaired) electrons. The average molecular weight is 250 g/mol. The van der Waals surface area contributed by atoms with Crippen LogP contribution in [0.5, 0.6) is 0 Å². The summed E-state index contributed by atoms with van der Waals surface area (Å²) in [6, 6.07) is 0.259. The second-order valence-electron chi connectivity index (χ2n) is 4.77. The molecule has 0 saturated heterocycles. The molecule has 2 heterocycles. The summed E-state index contributed by atoms with van der Waals surface area (Å²) >= 11 is 0. The summed E-state index contributed by atoms with van der Waals surface area (Å²) < 4.78 is 2.03. The van der Waals surface area contributed by atoms with Crippen LogP contribution in [-0.4, -0.2) is 39.5 Å². The maximum Gasteiger partial charge on any atom is 0.274 e.